The number of nitrogens with zero attached hydrogens (tertiary/aromatic N) is 1. The molecule has 0 aromatic carbocycles. The van der Waals surface area contributed by atoms with Crippen molar-refractivity contribution in [1.82, 2.24) is 4.90 Å². The number of hydrogen-bond acceptors (Lipinski definition) is 2. The van der Waals surface area contributed by atoms with Gasteiger partial charge < -0.3 is 5.11 Å². The molecule has 90 valence electrons. The Bertz CT molecular complexity index is 170. The van der Waals surface area contributed by atoms with Crippen LogP contribution in [0.5, 0.6) is 0 Å². The Balaban J connectivity index is 2.42. The van der Waals surface area contributed by atoms with Crippen LogP contribution in [0.1, 0.15) is 52.9 Å². The summed E-state index contributed by atoms with van der Waals surface area (Å²) in [4.78, 5) is 2.51. The van der Waals surface area contributed by atoms with Crippen LogP contribution < -0.4 is 0 Å². The number of likely N-dealkylation sites (tertiary alicyclic amines) is 1. The van der Waals surface area contributed by atoms with Crippen LogP contribution in [0.2, 0.25) is 0 Å². The molecule has 1 fully saturated rings. The van der Waals surface area contributed by atoms with Gasteiger partial charge in [0, 0.05) is 12.6 Å². The monoisotopic (exact) mass is 213 g/mol. The van der Waals surface area contributed by atoms with Crippen molar-refractivity contribution in [2.45, 2.75) is 65.0 Å². The second-order valence-corrected chi connectivity index (χ2v) is 5.19. The lowest BCUT2D eigenvalue weighted by molar-refractivity contribution is 0.0279. The maximum atomic E-state index is 9.75. The number of piperidine rings is 1. The molecule has 0 spiro atoms. The molecule has 3 unspecified atom stereocenters. The van der Waals surface area contributed by atoms with E-state index >= 15 is 0 Å². The molecule has 1 aliphatic heterocycles. The minimum atomic E-state index is -0.167. The minimum Gasteiger partial charge on any atom is -0.392 e. The Labute approximate surface area is 94.7 Å². The van der Waals surface area contributed by atoms with Gasteiger partial charge in [0.15, 0.2) is 0 Å². The van der Waals surface area contributed by atoms with E-state index in [0.29, 0.717) is 6.04 Å². The van der Waals surface area contributed by atoms with Crippen LogP contribution in [0, 0.1) is 5.92 Å². The molecular formula is C13H27NO. The van der Waals surface area contributed by atoms with Crippen LogP contribution in [-0.4, -0.2) is 35.2 Å². The first-order valence-corrected chi connectivity index (χ1v) is 6.57. The van der Waals surface area contributed by atoms with E-state index in [1.165, 1.54) is 45.2 Å². The largest absolute Gasteiger partial charge is 0.392 e. The van der Waals surface area contributed by atoms with Gasteiger partial charge in [0.1, 0.15) is 0 Å². The Morgan fingerprint density at radius 3 is 2.67 bits per heavy atom. The van der Waals surface area contributed by atoms with Crippen molar-refractivity contribution in [3.63, 3.8) is 0 Å². The highest BCUT2D eigenvalue weighted by molar-refractivity contribution is 4.81. The fraction of sp³-hybridized carbons (Fsp3) is 1.00. The molecule has 1 aliphatic rings. The summed E-state index contributed by atoms with van der Waals surface area (Å²) in [7, 11) is 0. The van der Waals surface area contributed by atoms with E-state index < -0.39 is 0 Å². The van der Waals surface area contributed by atoms with Crippen molar-refractivity contribution in [3.8, 4) is 0 Å². The quantitative estimate of drug-likeness (QED) is 0.759. The maximum Gasteiger partial charge on any atom is 0.0667 e. The van der Waals surface area contributed by atoms with Crippen LogP contribution >= 0.6 is 0 Å². The molecule has 2 heteroatoms. The van der Waals surface area contributed by atoms with E-state index in [1.54, 1.807) is 0 Å². The molecule has 0 amide bonds. The predicted octanol–water partition coefficient (Wildman–Crippen LogP) is 2.66. The van der Waals surface area contributed by atoms with E-state index in [-0.39, 0.29) is 6.10 Å². The molecule has 0 saturated carbocycles. The summed E-state index contributed by atoms with van der Waals surface area (Å²) >= 11 is 0. The van der Waals surface area contributed by atoms with Crippen molar-refractivity contribution < 1.29 is 5.11 Å². The van der Waals surface area contributed by atoms with Crippen molar-refractivity contribution >= 4 is 0 Å². The average molecular weight is 213 g/mol. The first kappa shape index (κ1) is 13.0. The summed E-state index contributed by atoms with van der Waals surface area (Å²) in [5.41, 5.74) is 0. The molecular weight excluding hydrogens is 186 g/mol. The van der Waals surface area contributed by atoms with Gasteiger partial charge in [-0.05, 0) is 38.6 Å². The first-order chi connectivity index (χ1) is 7.15. The molecule has 15 heavy (non-hydrogen) atoms. The third kappa shape index (κ3) is 4.12. The molecule has 0 aliphatic carbocycles. The summed E-state index contributed by atoms with van der Waals surface area (Å²) in [5.74, 6) is 0.773. The Morgan fingerprint density at radius 2 is 2.07 bits per heavy atom. The maximum absolute atomic E-state index is 9.75. The molecule has 0 aromatic rings. The number of rotatable bonds is 5. The number of hydrogen-bond donors (Lipinski definition) is 1. The van der Waals surface area contributed by atoms with Crippen LogP contribution in [0.4, 0.5) is 0 Å². The third-order valence-corrected chi connectivity index (χ3v) is 3.55. The van der Waals surface area contributed by atoms with Crippen molar-refractivity contribution in [2.75, 3.05) is 13.1 Å². The zero-order chi connectivity index (χ0) is 11.3. The fourth-order valence-corrected chi connectivity index (χ4v) is 2.77. The highest BCUT2D eigenvalue weighted by Crippen LogP contribution is 2.21. The first-order valence-electron chi connectivity index (χ1n) is 6.57. The van der Waals surface area contributed by atoms with E-state index in [0.717, 1.165) is 5.92 Å². The van der Waals surface area contributed by atoms with Crippen LogP contribution in [0.15, 0.2) is 0 Å². The van der Waals surface area contributed by atoms with E-state index in [4.69, 9.17) is 0 Å². The molecule has 1 N–H and O–H groups in total. The lowest BCUT2D eigenvalue weighted by atomic mass is 9.95. The summed E-state index contributed by atoms with van der Waals surface area (Å²) in [6.45, 7) is 8.87. The molecule has 2 nitrogen and oxygen atoms in total. The van der Waals surface area contributed by atoms with Gasteiger partial charge in [-0.2, -0.15) is 0 Å². The standard InChI is InChI=1S/C13H27NO/c1-4-7-11(2)10-14-9-6-5-8-13(14)12(3)15/h11-13,15H,4-10H2,1-3H3. The fourth-order valence-electron chi connectivity index (χ4n) is 2.77. The smallest absolute Gasteiger partial charge is 0.0667 e. The van der Waals surface area contributed by atoms with E-state index in [2.05, 4.69) is 18.7 Å². The lowest BCUT2D eigenvalue weighted by Gasteiger charge is -2.38. The Hall–Kier alpha value is -0.0800. The number of aliphatic hydroxyl groups is 1. The van der Waals surface area contributed by atoms with Crippen LogP contribution in [0.3, 0.4) is 0 Å². The van der Waals surface area contributed by atoms with Gasteiger partial charge in [-0.25, -0.2) is 0 Å². The SMILES string of the molecule is CCCC(C)CN1CCCCC1C(C)O. The Kier molecular flexibility index (Phi) is 5.62. The molecule has 1 heterocycles. The topological polar surface area (TPSA) is 23.5 Å². The summed E-state index contributed by atoms with van der Waals surface area (Å²) in [6.07, 6.45) is 6.18. The van der Waals surface area contributed by atoms with Gasteiger partial charge in [0.2, 0.25) is 0 Å². The zero-order valence-electron chi connectivity index (χ0n) is 10.6. The molecule has 1 saturated heterocycles. The van der Waals surface area contributed by atoms with Crippen LogP contribution in [-0.2, 0) is 0 Å². The van der Waals surface area contributed by atoms with Crippen molar-refractivity contribution in [1.29, 1.82) is 0 Å². The van der Waals surface area contributed by atoms with E-state index in [9.17, 15) is 5.11 Å². The molecule has 3 atom stereocenters. The highest BCUT2D eigenvalue weighted by Gasteiger charge is 2.26. The van der Waals surface area contributed by atoms with Gasteiger partial charge in [0.25, 0.3) is 0 Å². The van der Waals surface area contributed by atoms with Crippen LogP contribution in [0.25, 0.3) is 0 Å². The lowest BCUT2D eigenvalue weighted by Crippen LogP contribution is -2.47. The highest BCUT2D eigenvalue weighted by atomic mass is 16.3. The third-order valence-electron chi connectivity index (χ3n) is 3.55. The van der Waals surface area contributed by atoms with Gasteiger partial charge in [-0.15, -0.1) is 0 Å². The van der Waals surface area contributed by atoms with E-state index in [1.807, 2.05) is 6.92 Å². The van der Waals surface area contributed by atoms with Crippen molar-refractivity contribution in [2.24, 2.45) is 5.92 Å². The summed E-state index contributed by atoms with van der Waals surface area (Å²) in [6, 6.07) is 0.415. The normalized spacial score (nSPS) is 27.6. The average Bonchev–Trinajstić information content (AvgIpc) is 2.18. The second-order valence-electron chi connectivity index (χ2n) is 5.19. The predicted molar refractivity (Wildman–Crippen MR) is 65.0 cm³/mol. The summed E-state index contributed by atoms with van der Waals surface area (Å²) in [5, 5.41) is 9.75. The van der Waals surface area contributed by atoms with Gasteiger partial charge in [-0.3, -0.25) is 4.90 Å². The van der Waals surface area contributed by atoms with Gasteiger partial charge in [0.05, 0.1) is 6.10 Å². The number of aliphatic hydroxyl groups excluding tert-OH is 1. The zero-order valence-corrected chi connectivity index (χ0v) is 10.6. The summed E-state index contributed by atoms with van der Waals surface area (Å²) < 4.78 is 0. The molecule has 0 aromatic heterocycles. The molecule has 0 bridgehead atoms. The van der Waals surface area contributed by atoms with Crippen molar-refractivity contribution in [3.05, 3.63) is 0 Å². The second kappa shape index (κ2) is 6.49. The molecule has 1 rings (SSSR count). The Morgan fingerprint density at radius 1 is 1.33 bits per heavy atom. The molecule has 0 radical (unpaired) electrons. The minimum absolute atomic E-state index is 0.167. The van der Waals surface area contributed by atoms with Gasteiger partial charge >= 0.3 is 0 Å². The van der Waals surface area contributed by atoms with Gasteiger partial charge in [-0.1, -0.05) is 26.7 Å².